The zero-order valence-electron chi connectivity index (χ0n) is 15.0. The van der Waals surface area contributed by atoms with E-state index in [1.165, 1.54) is 29.7 Å². The van der Waals surface area contributed by atoms with Crippen LogP contribution in [-0.4, -0.2) is 49.1 Å². The fraction of sp³-hybridized carbons (Fsp3) is 0.556. The van der Waals surface area contributed by atoms with Crippen molar-refractivity contribution in [2.24, 2.45) is 0 Å². The van der Waals surface area contributed by atoms with Crippen molar-refractivity contribution < 1.29 is 8.42 Å². The van der Waals surface area contributed by atoms with Crippen LogP contribution in [0, 0.1) is 0 Å². The van der Waals surface area contributed by atoms with Crippen molar-refractivity contribution in [3.8, 4) is 0 Å². The van der Waals surface area contributed by atoms with Gasteiger partial charge >= 0.3 is 0 Å². The van der Waals surface area contributed by atoms with Crippen molar-refractivity contribution >= 4 is 27.2 Å². The Balaban J connectivity index is 1.45. The minimum absolute atomic E-state index is 0.455. The van der Waals surface area contributed by atoms with Crippen molar-refractivity contribution in [1.82, 2.24) is 14.5 Å². The van der Waals surface area contributed by atoms with Gasteiger partial charge in [-0.1, -0.05) is 6.92 Å². The molecular formula is C18H24N4O2S2. The third-order valence-electron chi connectivity index (χ3n) is 5.20. The predicted octanol–water partition coefficient (Wildman–Crippen LogP) is 2.49. The highest BCUT2D eigenvalue weighted by Crippen LogP contribution is 2.27. The van der Waals surface area contributed by atoms with Crippen molar-refractivity contribution in [3.63, 3.8) is 0 Å². The smallest absolute Gasteiger partial charge is 0.252 e. The number of hydrogen-bond donors (Lipinski definition) is 0. The SMILES string of the molecule is CCc1ccc(S(=O)(=O)N2CCN(c3cc4c(nn3)CCCC4)CC2)s1. The van der Waals surface area contributed by atoms with Crippen LogP contribution in [-0.2, 0) is 29.3 Å². The molecule has 1 saturated heterocycles. The first-order valence-corrected chi connectivity index (χ1v) is 11.5. The number of thiophene rings is 1. The van der Waals surface area contributed by atoms with E-state index >= 15 is 0 Å². The summed E-state index contributed by atoms with van der Waals surface area (Å²) in [7, 11) is -3.38. The molecule has 1 aliphatic carbocycles. The molecule has 2 aliphatic rings. The van der Waals surface area contributed by atoms with Gasteiger partial charge in [0, 0.05) is 31.1 Å². The molecule has 2 aromatic heterocycles. The van der Waals surface area contributed by atoms with E-state index in [0.717, 1.165) is 35.7 Å². The van der Waals surface area contributed by atoms with Crippen LogP contribution < -0.4 is 4.90 Å². The molecule has 140 valence electrons. The third-order valence-corrected chi connectivity index (χ3v) is 8.79. The number of sulfonamides is 1. The number of hydrogen-bond acceptors (Lipinski definition) is 6. The fourth-order valence-electron chi connectivity index (χ4n) is 3.60. The molecule has 1 fully saturated rings. The van der Waals surface area contributed by atoms with E-state index in [2.05, 4.69) is 21.2 Å². The van der Waals surface area contributed by atoms with E-state index < -0.39 is 10.0 Å². The summed E-state index contributed by atoms with van der Waals surface area (Å²) in [5.41, 5.74) is 2.44. The molecular weight excluding hydrogens is 368 g/mol. The average Bonchev–Trinajstić information content (AvgIpc) is 3.18. The molecule has 0 saturated carbocycles. The Bertz CT molecular complexity index is 886. The third kappa shape index (κ3) is 3.37. The van der Waals surface area contributed by atoms with Gasteiger partial charge in [0.05, 0.1) is 5.69 Å². The summed E-state index contributed by atoms with van der Waals surface area (Å²) in [6.45, 7) is 4.32. The van der Waals surface area contributed by atoms with Gasteiger partial charge in [-0.2, -0.15) is 9.40 Å². The molecule has 0 amide bonds. The molecule has 0 radical (unpaired) electrons. The predicted molar refractivity (Wildman–Crippen MR) is 103 cm³/mol. The molecule has 0 bridgehead atoms. The summed E-state index contributed by atoms with van der Waals surface area (Å²) in [6.07, 6.45) is 5.37. The van der Waals surface area contributed by atoms with Crippen molar-refractivity contribution in [1.29, 1.82) is 0 Å². The second-order valence-corrected chi connectivity index (χ2v) is 10.2. The van der Waals surface area contributed by atoms with E-state index in [4.69, 9.17) is 0 Å². The first-order chi connectivity index (χ1) is 12.6. The highest BCUT2D eigenvalue weighted by molar-refractivity contribution is 7.91. The first-order valence-electron chi connectivity index (χ1n) is 9.27. The lowest BCUT2D eigenvalue weighted by Crippen LogP contribution is -2.48. The molecule has 6 nitrogen and oxygen atoms in total. The standard InChI is InChI=1S/C18H24N4O2S2/c1-2-15-7-8-18(25-15)26(23,24)22-11-9-21(10-12-22)17-13-14-5-3-4-6-16(14)19-20-17/h7-8,13H,2-6,9-12H2,1H3. The lowest BCUT2D eigenvalue weighted by molar-refractivity contribution is 0.384. The maximum absolute atomic E-state index is 12.8. The summed E-state index contributed by atoms with van der Waals surface area (Å²) in [4.78, 5) is 3.26. The molecule has 1 aliphatic heterocycles. The monoisotopic (exact) mass is 392 g/mol. The van der Waals surface area contributed by atoms with Gasteiger partial charge in [-0.3, -0.25) is 0 Å². The summed E-state index contributed by atoms with van der Waals surface area (Å²) in [6, 6.07) is 5.80. The second-order valence-electron chi connectivity index (χ2n) is 6.85. The van der Waals surface area contributed by atoms with Gasteiger partial charge in [0.25, 0.3) is 10.0 Å². The van der Waals surface area contributed by atoms with Crippen LogP contribution >= 0.6 is 11.3 Å². The number of anilines is 1. The molecule has 4 rings (SSSR count). The highest BCUT2D eigenvalue weighted by Gasteiger charge is 2.30. The number of rotatable bonds is 4. The molecule has 0 atom stereocenters. The maximum Gasteiger partial charge on any atom is 0.252 e. The second kappa shape index (κ2) is 7.25. The molecule has 0 N–H and O–H groups in total. The van der Waals surface area contributed by atoms with E-state index in [1.54, 1.807) is 10.4 Å². The van der Waals surface area contributed by atoms with E-state index in [9.17, 15) is 8.42 Å². The molecule has 0 spiro atoms. The molecule has 26 heavy (non-hydrogen) atoms. The van der Waals surface area contributed by atoms with E-state index in [1.807, 2.05) is 13.0 Å². The van der Waals surface area contributed by atoms with Crippen LogP contribution in [0.4, 0.5) is 5.82 Å². The van der Waals surface area contributed by atoms with Crippen molar-refractivity contribution in [2.75, 3.05) is 31.1 Å². The highest BCUT2D eigenvalue weighted by atomic mass is 32.2. The number of piperazine rings is 1. The van der Waals surface area contributed by atoms with Crippen LogP contribution in [0.15, 0.2) is 22.4 Å². The summed E-state index contributed by atoms with van der Waals surface area (Å²) in [5.74, 6) is 0.882. The largest absolute Gasteiger partial charge is 0.352 e. The number of aromatic nitrogens is 2. The van der Waals surface area contributed by atoms with Crippen LogP contribution in [0.3, 0.4) is 0 Å². The van der Waals surface area contributed by atoms with Gasteiger partial charge < -0.3 is 4.90 Å². The van der Waals surface area contributed by atoms with Gasteiger partial charge in [-0.25, -0.2) is 8.42 Å². The minimum atomic E-state index is -3.38. The lowest BCUT2D eigenvalue weighted by atomic mass is 9.97. The molecule has 0 aromatic carbocycles. The van der Waals surface area contributed by atoms with Gasteiger partial charge in [0.2, 0.25) is 0 Å². The quantitative estimate of drug-likeness (QED) is 0.800. The van der Waals surface area contributed by atoms with Gasteiger partial charge in [-0.15, -0.1) is 16.4 Å². The lowest BCUT2D eigenvalue weighted by Gasteiger charge is -2.34. The Hall–Kier alpha value is -1.51. The average molecular weight is 393 g/mol. The summed E-state index contributed by atoms with van der Waals surface area (Å²) >= 11 is 1.38. The van der Waals surface area contributed by atoms with Crippen LogP contribution in [0.25, 0.3) is 0 Å². The zero-order chi connectivity index (χ0) is 18.1. The normalized spacial score (nSPS) is 18.7. The Morgan fingerprint density at radius 3 is 2.58 bits per heavy atom. The topological polar surface area (TPSA) is 66.4 Å². The van der Waals surface area contributed by atoms with E-state index in [-0.39, 0.29) is 0 Å². The Morgan fingerprint density at radius 2 is 1.85 bits per heavy atom. The summed E-state index contributed by atoms with van der Waals surface area (Å²) < 4.78 is 27.7. The number of fused-ring (bicyclic) bond motifs is 1. The van der Waals surface area contributed by atoms with E-state index in [0.29, 0.717) is 30.4 Å². The van der Waals surface area contributed by atoms with Crippen LogP contribution in [0.5, 0.6) is 0 Å². The Kier molecular flexibility index (Phi) is 4.98. The van der Waals surface area contributed by atoms with Crippen molar-refractivity contribution in [3.05, 3.63) is 34.3 Å². The molecule has 3 heterocycles. The fourth-order valence-corrected chi connectivity index (χ4v) is 6.48. The van der Waals surface area contributed by atoms with Gasteiger partial charge in [0.15, 0.2) is 5.82 Å². The zero-order valence-corrected chi connectivity index (χ0v) is 16.7. The number of nitrogens with zero attached hydrogens (tertiary/aromatic N) is 4. The van der Waals surface area contributed by atoms with Gasteiger partial charge in [-0.05, 0) is 55.9 Å². The Labute approximate surface area is 158 Å². The molecule has 8 heteroatoms. The van der Waals surface area contributed by atoms with Crippen LogP contribution in [0.2, 0.25) is 0 Å². The first kappa shape index (κ1) is 17.9. The van der Waals surface area contributed by atoms with Crippen LogP contribution in [0.1, 0.15) is 35.9 Å². The molecule has 2 aromatic rings. The van der Waals surface area contributed by atoms with Crippen molar-refractivity contribution in [2.45, 2.75) is 43.2 Å². The maximum atomic E-state index is 12.8. The molecule has 0 unspecified atom stereocenters. The summed E-state index contributed by atoms with van der Waals surface area (Å²) in [5, 5.41) is 8.79. The van der Waals surface area contributed by atoms with Gasteiger partial charge in [0.1, 0.15) is 4.21 Å². The number of aryl methyl sites for hydroxylation is 3. The minimum Gasteiger partial charge on any atom is -0.352 e. The Morgan fingerprint density at radius 1 is 1.08 bits per heavy atom.